The van der Waals surface area contributed by atoms with Crippen molar-refractivity contribution in [1.82, 2.24) is 10.1 Å². The maximum atomic E-state index is 13.2. The third kappa shape index (κ3) is 3.45. The van der Waals surface area contributed by atoms with Crippen molar-refractivity contribution in [2.24, 2.45) is 0 Å². The van der Waals surface area contributed by atoms with Gasteiger partial charge in [0.1, 0.15) is 12.4 Å². The summed E-state index contributed by atoms with van der Waals surface area (Å²) in [5.74, 6) is -0.171. The van der Waals surface area contributed by atoms with Crippen LogP contribution in [-0.2, 0) is 16.0 Å². The quantitative estimate of drug-likeness (QED) is 0.843. The van der Waals surface area contributed by atoms with Crippen LogP contribution in [-0.4, -0.2) is 29.6 Å². The van der Waals surface area contributed by atoms with E-state index in [9.17, 15) is 9.18 Å². The van der Waals surface area contributed by atoms with Gasteiger partial charge in [0.25, 0.3) is 0 Å². The summed E-state index contributed by atoms with van der Waals surface area (Å²) in [6.07, 6.45) is -0.00618. The molecule has 0 amide bonds. The Balaban J connectivity index is 2.21. The lowest BCUT2D eigenvalue weighted by Gasteiger charge is -1.98. The number of nitrogens with zero attached hydrogens (tertiary/aromatic N) is 2. The highest BCUT2D eigenvalue weighted by atomic mass is 79.9. The van der Waals surface area contributed by atoms with Gasteiger partial charge in [-0.15, -0.1) is 0 Å². The minimum absolute atomic E-state index is 0.00618. The van der Waals surface area contributed by atoms with Gasteiger partial charge in [-0.25, -0.2) is 4.39 Å². The number of aromatic nitrogens is 2. The average Bonchev–Trinajstić information content (AvgIpc) is 2.81. The zero-order chi connectivity index (χ0) is 13.8. The summed E-state index contributed by atoms with van der Waals surface area (Å²) < 4.78 is 23.5. The molecule has 100 valence electrons. The molecule has 0 spiro atoms. The zero-order valence-electron chi connectivity index (χ0n) is 10.0. The summed E-state index contributed by atoms with van der Waals surface area (Å²) in [4.78, 5) is 15.4. The van der Waals surface area contributed by atoms with Crippen molar-refractivity contribution in [2.45, 2.75) is 6.42 Å². The zero-order valence-corrected chi connectivity index (χ0v) is 11.6. The number of rotatable bonds is 5. The third-order valence-corrected chi connectivity index (χ3v) is 2.98. The van der Waals surface area contributed by atoms with E-state index in [0.717, 1.165) is 0 Å². The molecule has 0 aliphatic rings. The summed E-state index contributed by atoms with van der Waals surface area (Å²) >= 11 is 3.28. The summed E-state index contributed by atoms with van der Waals surface area (Å²) in [6, 6.07) is 4.16. The van der Waals surface area contributed by atoms with Gasteiger partial charge in [-0.1, -0.05) is 21.1 Å². The van der Waals surface area contributed by atoms with Crippen LogP contribution in [0.3, 0.4) is 0 Å². The number of hydrogen-bond donors (Lipinski definition) is 0. The fraction of sp³-hybridized carbons (Fsp3) is 0.250. The Kier molecular flexibility index (Phi) is 4.39. The first-order valence-electron chi connectivity index (χ1n) is 5.39. The van der Waals surface area contributed by atoms with Crippen LogP contribution < -0.4 is 0 Å². The van der Waals surface area contributed by atoms with Gasteiger partial charge in [0.15, 0.2) is 5.78 Å². The van der Waals surface area contributed by atoms with E-state index in [-0.39, 0.29) is 30.5 Å². The molecular formula is C12H10BrFN2O3. The molecule has 7 heteroatoms. The molecule has 1 aromatic carbocycles. The summed E-state index contributed by atoms with van der Waals surface area (Å²) in [5.41, 5.74) is 0.467. The maximum absolute atomic E-state index is 13.2. The van der Waals surface area contributed by atoms with Crippen molar-refractivity contribution in [3.05, 3.63) is 34.4 Å². The minimum Gasteiger partial charge on any atom is -0.377 e. The van der Waals surface area contributed by atoms with E-state index in [0.29, 0.717) is 10.0 Å². The lowest BCUT2D eigenvalue weighted by molar-refractivity contribution is -0.122. The predicted molar refractivity (Wildman–Crippen MR) is 68.0 cm³/mol. The first kappa shape index (κ1) is 13.8. The van der Waals surface area contributed by atoms with Gasteiger partial charge in [0.05, 0.1) is 6.42 Å². The normalized spacial score (nSPS) is 10.7. The second-order valence-electron chi connectivity index (χ2n) is 3.78. The van der Waals surface area contributed by atoms with E-state index in [1.165, 1.54) is 19.2 Å². The molecule has 0 saturated heterocycles. The fourth-order valence-electron chi connectivity index (χ4n) is 1.49. The second-order valence-corrected chi connectivity index (χ2v) is 4.64. The Bertz CT molecular complexity index is 600. The number of benzene rings is 1. The number of Topliss-reactive ketones (excluding diaryl/α,β-unsaturated/α-hetero) is 1. The van der Waals surface area contributed by atoms with Gasteiger partial charge in [-0.05, 0) is 18.2 Å². The first-order chi connectivity index (χ1) is 9.10. The summed E-state index contributed by atoms with van der Waals surface area (Å²) in [6.45, 7) is -0.0125. The number of ketones is 1. The van der Waals surface area contributed by atoms with Crippen LogP contribution in [0.1, 0.15) is 5.89 Å². The van der Waals surface area contributed by atoms with Gasteiger partial charge in [0.2, 0.25) is 11.7 Å². The molecular weight excluding hydrogens is 319 g/mol. The van der Waals surface area contributed by atoms with Crippen molar-refractivity contribution in [3.63, 3.8) is 0 Å². The van der Waals surface area contributed by atoms with E-state index in [4.69, 9.17) is 9.26 Å². The van der Waals surface area contributed by atoms with E-state index in [1.807, 2.05) is 0 Å². The molecule has 0 saturated carbocycles. The lowest BCUT2D eigenvalue weighted by Crippen LogP contribution is -2.09. The number of carbonyl (C=O) groups excluding carboxylic acids is 1. The van der Waals surface area contributed by atoms with E-state index >= 15 is 0 Å². The SMILES string of the molecule is COCC(=O)Cc1nc(-c2cc(F)ccc2Br)no1. The van der Waals surface area contributed by atoms with Crippen molar-refractivity contribution >= 4 is 21.7 Å². The largest absolute Gasteiger partial charge is 0.377 e. The Labute approximate surface area is 116 Å². The molecule has 2 aromatic rings. The number of carbonyl (C=O) groups is 1. The summed E-state index contributed by atoms with van der Waals surface area (Å²) in [7, 11) is 1.43. The van der Waals surface area contributed by atoms with Crippen molar-refractivity contribution in [1.29, 1.82) is 0 Å². The minimum atomic E-state index is -0.403. The molecule has 0 aliphatic carbocycles. The van der Waals surface area contributed by atoms with Crippen LogP contribution in [0.5, 0.6) is 0 Å². The number of halogens is 2. The van der Waals surface area contributed by atoms with E-state index < -0.39 is 5.82 Å². The lowest BCUT2D eigenvalue weighted by atomic mass is 10.2. The molecule has 0 radical (unpaired) electrons. The summed E-state index contributed by atoms with van der Waals surface area (Å²) in [5, 5.41) is 3.73. The number of ether oxygens (including phenoxy) is 1. The van der Waals surface area contributed by atoms with Crippen molar-refractivity contribution < 1.29 is 18.4 Å². The third-order valence-electron chi connectivity index (χ3n) is 2.29. The van der Waals surface area contributed by atoms with Crippen molar-refractivity contribution in [2.75, 3.05) is 13.7 Å². The van der Waals surface area contributed by atoms with Gasteiger partial charge >= 0.3 is 0 Å². The molecule has 0 N–H and O–H groups in total. The molecule has 0 fully saturated rings. The molecule has 2 rings (SSSR count). The molecule has 0 bridgehead atoms. The maximum Gasteiger partial charge on any atom is 0.234 e. The second kappa shape index (κ2) is 6.03. The molecule has 1 aromatic heterocycles. The monoisotopic (exact) mass is 328 g/mol. The highest BCUT2D eigenvalue weighted by Crippen LogP contribution is 2.26. The fourth-order valence-corrected chi connectivity index (χ4v) is 1.91. The van der Waals surface area contributed by atoms with Gasteiger partial charge in [-0.3, -0.25) is 4.79 Å². The molecule has 0 atom stereocenters. The van der Waals surface area contributed by atoms with Gasteiger partial charge in [0, 0.05) is 17.1 Å². The van der Waals surface area contributed by atoms with E-state index in [2.05, 4.69) is 26.1 Å². The molecule has 19 heavy (non-hydrogen) atoms. The van der Waals surface area contributed by atoms with Gasteiger partial charge in [-0.2, -0.15) is 4.98 Å². The Morgan fingerprint density at radius 1 is 1.53 bits per heavy atom. The highest BCUT2D eigenvalue weighted by Gasteiger charge is 2.14. The first-order valence-corrected chi connectivity index (χ1v) is 6.18. The van der Waals surface area contributed by atoms with Crippen LogP contribution in [0.4, 0.5) is 4.39 Å². The number of hydrogen-bond acceptors (Lipinski definition) is 5. The van der Waals surface area contributed by atoms with Gasteiger partial charge < -0.3 is 9.26 Å². The molecule has 5 nitrogen and oxygen atoms in total. The standard InChI is InChI=1S/C12H10BrFN2O3/c1-18-6-8(17)5-11-15-12(16-19-11)9-4-7(14)2-3-10(9)13/h2-4H,5-6H2,1H3. The highest BCUT2D eigenvalue weighted by molar-refractivity contribution is 9.10. The van der Waals surface area contributed by atoms with Crippen LogP contribution in [0, 0.1) is 5.82 Å². The Morgan fingerprint density at radius 3 is 3.05 bits per heavy atom. The van der Waals surface area contributed by atoms with Crippen LogP contribution in [0.25, 0.3) is 11.4 Å². The van der Waals surface area contributed by atoms with Crippen molar-refractivity contribution in [3.8, 4) is 11.4 Å². The smallest absolute Gasteiger partial charge is 0.234 e. The van der Waals surface area contributed by atoms with E-state index in [1.54, 1.807) is 6.07 Å². The van der Waals surface area contributed by atoms with Crippen LogP contribution >= 0.6 is 15.9 Å². The molecule has 0 unspecified atom stereocenters. The average molecular weight is 329 g/mol. The molecule has 0 aliphatic heterocycles. The Morgan fingerprint density at radius 2 is 2.32 bits per heavy atom. The topological polar surface area (TPSA) is 65.2 Å². The van der Waals surface area contributed by atoms with Crippen LogP contribution in [0.2, 0.25) is 0 Å². The predicted octanol–water partition coefficient (Wildman–Crippen LogP) is 2.40. The Hall–Kier alpha value is -1.60. The number of methoxy groups -OCH3 is 1. The van der Waals surface area contributed by atoms with Crippen LogP contribution in [0.15, 0.2) is 27.2 Å². The molecule has 1 heterocycles.